The number of oxime groups is 1. The Bertz CT molecular complexity index is 1350. The molecule has 1 aliphatic heterocycles. The molecule has 0 spiro atoms. The van der Waals surface area contributed by atoms with Gasteiger partial charge in [-0.1, -0.05) is 53.2 Å². The van der Waals surface area contributed by atoms with Gasteiger partial charge in [0.15, 0.2) is 5.60 Å². The molecule has 0 radical (unpaired) electrons. The molecule has 3 aromatic carbocycles. The number of aryl methyl sites for hydroxylation is 1. The van der Waals surface area contributed by atoms with Gasteiger partial charge in [-0.05, 0) is 53.9 Å². The molecule has 1 aliphatic rings. The van der Waals surface area contributed by atoms with Crippen LogP contribution in [0.2, 0.25) is 5.02 Å². The predicted octanol–water partition coefficient (Wildman–Crippen LogP) is 5.25. The molecule has 0 fully saturated rings. The van der Waals surface area contributed by atoms with Gasteiger partial charge in [-0.3, -0.25) is 9.59 Å². The smallest absolute Gasteiger partial charge is 0.384 e. The third-order valence-electron chi connectivity index (χ3n) is 5.89. The highest BCUT2D eigenvalue weighted by molar-refractivity contribution is 6.30. The molecule has 0 saturated heterocycles. The van der Waals surface area contributed by atoms with E-state index in [9.17, 15) is 22.8 Å². The third-order valence-corrected chi connectivity index (χ3v) is 6.11. The van der Waals surface area contributed by atoms with Crippen LogP contribution in [0, 0.1) is 6.92 Å². The molecule has 6 nitrogen and oxygen atoms in total. The molecular weight excluding hydrogens is 495 g/mol. The van der Waals surface area contributed by atoms with E-state index in [-0.39, 0.29) is 5.56 Å². The van der Waals surface area contributed by atoms with Gasteiger partial charge in [-0.25, -0.2) is 0 Å². The van der Waals surface area contributed by atoms with E-state index in [2.05, 4.69) is 10.5 Å². The summed E-state index contributed by atoms with van der Waals surface area (Å²) in [5, 5.41) is 10.4. The Hall–Kier alpha value is -3.59. The number of rotatable bonds is 6. The minimum atomic E-state index is -4.53. The molecule has 0 bridgehead atoms. The first-order valence-electron chi connectivity index (χ1n) is 11.1. The number of alkyl halides is 3. The molecule has 1 heterocycles. The lowest BCUT2D eigenvalue weighted by Gasteiger charge is -2.22. The lowest BCUT2D eigenvalue weighted by molar-refractivity contribution is -0.137. The molecule has 1 atom stereocenters. The van der Waals surface area contributed by atoms with E-state index >= 15 is 0 Å². The fraction of sp³-hybridized carbons (Fsp3) is 0.269. The largest absolute Gasteiger partial charge is 0.405 e. The number of hydrogen-bond acceptors (Lipinski definition) is 4. The maximum Gasteiger partial charge on any atom is 0.405 e. The van der Waals surface area contributed by atoms with Crippen molar-refractivity contribution in [3.8, 4) is 0 Å². The van der Waals surface area contributed by atoms with E-state index < -0.39 is 36.7 Å². The molecular formula is C26H23ClF3N3O3. The molecule has 2 amide bonds. The molecule has 4 rings (SSSR count). The summed E-state index contributed by atoms with van der Waals surface area (Å²) in [6, 6.07) is 16.3. The van der Waals surface area contributed by atoms with Gasteiger partial charge in [-0.15, -0.1) is 0 Å². The second-order valence-corrected chi connectivity index (χ2v) is 9.27. The Morgan fingerprint density at radius 1 is 1.08 bits per heavy atom. The van der Waals surface area contributed by atoms with Crippen LogP contribution in [0.4, 0.5) is 13.2 Å². The van der Waals surface area contributed by atoms with E-state index in [1.807, 2.05) is 44.2 Å². The highest BCUT2D eigenvalue weighted by atomic mass is 35.5. The zero-order valence-electron chi connectivity index (χ0n) is 19.5. The minimum absolute atomic E-state index is 0.283. The number of amides is 2. The van der Waals surface area contributed by atoms with Gasteiger partial charge in [0, 0.05) is 22.6 Å². The maximum absolute atomic E-state index is 12.8. The molecule has 3 aromatic rings. The van der Waals surface area contributed by atoms with Crippen molar-refractivity contribution in [3.63, 3.8) is 0 Å². The van der Waals surface area contributed by atoms with Crippen molar-refractivity contribution in [2.45, 2.75) is 32.0 Å². The fourth-order valence-electron chi connectivity index (χ4n) is 4.15. The number of carbonyl (C=O) groups is 2. The average molecular weight is 518 g/mol. The van der Waals surface area contributed by atoms with Gasteiger partial charge in [0.1, 0.15) is 6.54 Å². The normalized spacial score (nSPS) is 17.4. The standard InChI is InChI=1S/C26H23ClF3N3O3/c1-15-9-16(11-17(27)10-15)25(2)12-22(33-36-25)20-7-8-21(19-6-4-3-5-18(19)20)24(35)31-13-23(34)32-14-26(28,29)30/h3-11H,12-14H2,1-2H3,(H,31,35)(H,32,34). The van der Waals surface area contributed by atoms with Gasteiger partial charge in [-0.2, -0.15) is 13.2 Å². The van der Waals surface area contributed by atoms with Gasteiger partial charge in [0.25, 0.3) is 5.91 Å². The van der Waals surface area contributed by atoms with Crippen LogP contribution in [0.5, 0.6) is 0 Å². The van der Waals surface area contributed by atoms with Crippen LogP contribution in [-0.4, -0.2) is 36.8 Å². The van der Waals surface area contributed by atoms with Crippen molar-refractivity contribution < 1.29 is 27.6 Å². The summed E-state index contributed by atoms with van der Waals surface area (Å²) in [6.45, 7) is 1.84. The maximum atomic E-state index is 12.8. The van der Waals surface area contributed by atoms with Crippen LogP contribution in [0.25, 0.3) is 10.8 Å². The summed E-state index contributed by atoms with van der Waals surface area (Å²) < 4.78 is 36.8. The van der Waals surface area contributed by atoms with Gasteiger partial charge in [0.2, 0.25) is 5.91 Å². The lowest BCUT2D eigenvalue weighted by atomic mass is 9.86. The van der Waals surface area contributed by atoms with Crippen molar-refractivity contribution >= 4 is 39.9 Å². The average Bonchev–Trinajstić information content (AvgIpc) is 3.22. The molecule has 36 heavy (non-hydrogen) atoms. The van der Waals surface area contributed by atoms with Crippen LogP contribution in [-0.2, 0) is 15.2 Å². The first kappa shape index (κ1) is 25.5. The van der Waals surface area contributed by atoms with Crippen molar-refractivity contribution in [1.29, 1.82) is 0 Å². The van der Waals surface area contributed by atoms with Crippen LogP contribution in [0.15, 0.2) is 59.8 Å². The third kappa shape index (κ3) is 5.62. The van der Waals surface area contributed by atoms with E-state index in [1.54, 1.807) is 29.6 Å². The van der Waals surface area contributed by atoms with Gasteiger partial charge < -0.3 is 15.5 Å². The van der Waals surface area contributed by atoms with E-state index in [0.29, 0.717) is 22.5 Å². The molecule has 0 aliphatic carbocycles. The highest BCUT2D eigenvalue weighted by Crippen LogP contribution is 2.39. The first-order chi connectivity index (χ1) is 16.9. The van der Waals surface area contributed by atoms with Crippen molar-refractivity contribution in [1.82, 2.24) is 10.6 Å². The highest BCUT2D eigenvalue weighted by Gasteiger charge is 2.37. The Morgan fingerprint density at radius 3 is 2.50 bits per heavy atom. The number of benzene rings is 3. The molecule has 2 N–H and O–H groups in total. The topological polar surface area (TPSA) is 79.8 Å². The van der Waals surface area contributed by atoms with Crippen LogP contribution in [0.3, 0.4) is 0 Å². The molecule has 188 valence electrons. The summed E-state index contributed by atoms with van der Waals surface area (Å²) in [4.78, 5) is 30.3. The number of nitrogens with zero attached hydrogens (tertiary/aromatic N) is 1. The Morgan fingerprint density at radius 2 is 1.81 bits per heavy atom. The summed E-state index contributed by atoms with van der Waals surface area (Å²) in [7, 11) is 0. The van der Waals surface area contributed by atoms with E-state index in [1.165, 1.54) is 0 Å². The van der Waals surface area contributed by atoms with Gasteiger partial charge in [0.05, 0.1) is 12.3 Å². The van der Waals surface area contributed by atoms with Crippen molar-refractivity contribution in [2.24, 2.45) is 5.16 Å². The number of nitrogens with one attached hydrogen (secondary N) is 2. The van der Waals surface area contributed by atoms with Crippen molar-refractivity contribution in [3.05, 3.63) is 81.9 Å². The summed E-state index contributed by atoms with van der Waals surface area (Å²) in [5.74, 6) is -1.52. The van der Waals surface area contributed by atoms with E-state index in [0.717, 1.165) is 22.1 Å². The number of carbonyl (C=O) groups excluding carboxylic acids is 2. The summed E-state index contributed by atoms with van der Waals surface area (Å²) in [6.07, 6.45) is -4.05. The number of hydrogen-bond donors (Lipinski definition) is 2. The predicted molar refractivity (Wildman–Crippen MR) is 131 cm³/mol. The lowest BCUT2D eigenvalue weighted by Crippen LogP contribution is -2.40. The minimum Gasteiger partial charge on any atom is -0.384 e. The number of halogens is 4. The second-order valence-electron chi connectivity index (χ2n) is 8.84. The van der Waals surface area contributed by atoms with Crippen LogP contribution >= 0.6 is 11.6 Å². The molecule has 10 heteroatoms. The van der Waals surface area contributed by atoms with Crippen LogP contribution in [0.1, 0.15) is 40.4 Å². The molecule has 1 unspecified atom stereocenters. The Labute approximate surface area is 210 Å². The van der Waals surface area contributed by atoms with E-state index in [4.69, 9.17) is 16.4 Å². The first-order valence-corrected chi connectivity index (χ1v) is 11.5. The number of fused-ring (bicyclic) bond motifs is 1. The SMILES string of the molecule is Cc1cc(Cl)cc(C2(C)CC(c3ccc(C(=O)NCC(=O)NCC(F)(F)F)c4ccccc34)=NO2)c1. The van der Waals surface area contributed by atoms with Crippen molar-refractivity contribution in [2.75, 3.05) is 13.1 Å². The Kier molecular flexibility index (Phi) is 6.95. The Balaban J connectivity index is 1.55. The monoisotopic (exact) mass is 517 g/mol. The fourth-order valence-corrected chi connectivity index (χ4v) is 4.44. The van der Waals surface area contributed by atoms with Crippen LogP contribution < -0.4 is 10.6 Å². The molecule has 0 aromatic heterocycles. The van der Waals surface area contributed by atoms with Gasteiger partial charge >= 0.3 is 6.18 Å². The zero-order valence-corrected chi connectivity index (χ0v) is 20.3. The zero-order chi connectivity index (χ0) is 26.1. The summed E-state index contributed by atoms with van der Waals surface area (Å²) >= 11 is 6.25. The quantitative estimate of drug-likeness (QED) is 0.469. The second kappa shape index (κ2) is 9.81. The molecule has 0 saturated carbocycles. The summed E-state index contributed by atoms with van der Waals surface area (Å²) in [5.41, 5.74) is 2.95.